The molecule has 6 heteroatoms. The second kappa shape index (κ2) is 6.86. The van der Waals surface area contributed by atoms with Crippen molar-refractivity contribution in [2.24, 2.45) is 5.92 Å². The summed E-state index contributed by atoms with van der Waals surface area (Å²) in [7, 11) is 0. The third kappa shape index (κ3) is 3.32. The molecule has 2 aromatic rings. The monoisotopic (exact) mass is 326 g/mol. The van der Waals surface area contributed by atoms with Crippen LogP contribution in [-0.4, -0.2) is 39.5 Å². The van der Waals surface area contributed by atoms with E-state index >= 15 is 0 Å². The second-order valence-corrected chi connectivity index (χ2v) is 6.40. The molecule has 1 aliphatic rings. The van der Waals surface area contributed by atoms with Gasteiger partial charge in [0.15, 0.2) is 5.82 Å². The number of aromatic nitrogens is 2. The molecule has 2 N–H and O–H groups in total. The number of rotatable bonds is 5. The van der Waals surface area contributed by atoms with Crippen molar-refractivity contribution < 1.29 is 9.59 Å². The van der Waals surface area contributed by atoms with Crippen molar-refractivity contribution in [3.05, 3.63) is 36.4 Å². The third-order valence-electron chi connectivity index (χ3n) is 4.26. The van der Waals surface area contributed by atoms with E-state index < -0.39 is 6.04 Å². The summed E-state index contributed by atoms with van der Waals surface area (Å²) in [6.07, 6.45) is 1.34. The zero-order chi connectivity index (χ0) is 17.1. The zero-order valence-electron chi connectivity index (χ0n) is 14.0. The van der Waals surface area contributed by atoms with Crippen LogP contribution in [0.15, 0.2) is 36.4 Å². The Labute approximate surface area is 141 Å². The Morgan fingerprint density at radius 3 is 2.67 bits per heavy atom. The molecule has 1 fully saturated rings. The number of aromatic amines is 1. The predicted octanol–water partition coefficient (Wildman–Crippen LogP) is 2.66. The van der Waals surface area contributed by atoms with Crippen LogP contribution in [0.3, 0.4) is 0 Å². The highest BCUT2D eigenvalue weighted by Gasteiger charge is 2.35. The largest absolute Gasteiger partial charge is 0.330 e. The van der Waals surface area contributed by atoms with E-state index in [1.54, 1.807) is 11.0 Å². The fraction of sp³-hybridized carbons (Fsp3) is 0.389. The van der Waals surface area contributed by atoms with Crippen LogP contribution in [0.1, 0.15) is 26.7 Å². The van der Waals surface area contributed by atoms with Crippen LogP contribution >= 0.6 is 0 Å². The molecule has 1 unspecified atom stereocenters. The molecule has 0 aliphatic carbocycles. The van der Waals surface area contributed by atoms with Crippen LogP contribution in [0.2, 0.25) is 0 Å². The number of hydrogen-bond donors (Lipinski definition) is 2. The summed E-state index contributed by atoms with van der Waals surface area (Å²) in [4.78, 5) is 26.3. The molecule has 1 aliphatic heterocycles. The number of amides is 2. The topological polar surface area (TPSA) is 78.1 Å². The van der Waals surface area contributed by atoms with Gasteiger partial charge in [-0.3, -0.25) is 14.7 Å². The van der Waals surface area contributed by atoms with E-state index in [0.717, 1.165) is 17.7 Å². The Kier molecular flexibility index (Phi) is 4.64. The molecule has 1 atom stereocenters. The normalized spacial score (nSPS) is 15.8. The van der Waals surface area contributed by atoms with Gasteiger partial charge in [-0.2, -0.15) is 5.10 Å². The van der Waals surface area contributed by atoms with Gasteiger partial charge in [-0.25, -0.2) is 0 Å². The van der Waals surface area contributed by atoms with Crippen LogP contribution in [0.25, 0.3) is 11.3 Å². The molecule has 3 rings (SSSR count). The molecule has 1 saturated heterocycles. The van der Waals surface area contributed by atoms with E-state index in [-0.39, 0.29) is 17.7 Å². The Bertz CT molecular complexity index is 724. The van der Waals surface area contributed by atoms with Crippen molar-refractivity contribution in [2.75, 3.05) is 11.9 Å². The Morgan fingerprint density at radius 1 is 1.29 bits per heavy atom. The first kappa shape index (κ1) is 16.2. The lowest BCUT2D eigenvalue weighted by Gasteiger charge is -2.29. The van der Waals surface area contributed by atoms with E-state index in [1.165, 1.54) is 0 Å². The zero-order valence-corrected chi connectivity index (χ0v) is 14.0. The maximum absolute atomic E-state index is 12.7. The summed E-state index contributed by atoms with van der Waals surface area (Å²) in [5, 5.41) is 9.92. The van der Waals surface area contributed by atoms with Gasteiger partial charge in [-0.15, -0.1) is 0 Å². The van der Waals surface area contributed by atoms with Crippen LogP contribution in [0.4, 0.5) is 5.82 Å². The molecule has 6 nitrogen and oxygen atoms in total. The molecular weight excluding hydrogens is 304 g/mol. The minimum Gasteiger partial charge on any atom is -0.330 e. The number of anilines is 1. The van der Waals surface area contributed by atoms with Crippen molar-refractivity contribution in [3.63, 3.8) is 0 Å². The SMILES string of the molecule is CC(C)C(C(=O)Nc1cc(-c2ccccc2)[nH]n1)N1CCCC1=O. The van der Waals surface area contributed by atoms with E-state index in [9.17, 15) is 9.59 Å². The van der Waals surface area contributed by atoms with Gasteiger partial charge in [-0.05, 0) is 17.9 Å². The second-order valence-electron chi connectivity index (χ2n) is 6.40. The summed E-state index contributed by atoms with van der Waals surface area (Å²) < 4.78 is 0. The first-order chi connectivity index (χ1) is 11.6. The first-order valence-electron chi connectivity index (χ1n) is 8.27. The molecule has 0 saturated carbocycles. The minimum atomic E-state index is -0.461. The minimum absolute atomic E-state index is 0.0413. The maximum Gasteiger partial charge on any atom is 0.248 e. The molecule has 2 amide bonds. The maximum atomic E-state index is 12.7. The van der Waals surface area contributed by atoms with Crippen molar-refractivity contribution in [1.29, 1.82) is 0 Å². The summed E-state index contributed by atoms with van der Waals surface area (Å²) in [6, 6.07) is 11.1. The summed E-state index contributed by atoms with van der Waals surface area (Å²) >= 11 is 0. The standard InChI is InChI=1S/C18H22N4O2/c1-12(2)17(22-10-6-9-16(22)23)18(24)19-15-11-14(20-21-15)13-7-4-3-5-8-13/h3-5,7-8,11-12,17H,6,9-10H2,1-2H3,(H2,19,20,21,24). The first-order valence-corrected chi connectivity index (χ1v) is 8.27. The Hall–Kier alpha value is -2.63. The smallest absolute Gasteiger partial charge is 0.248 e. The van der Waals surface area contributed by atoms with E-state index in [1.807, 2.05) is 44.2 Å². The number of likely N-dealkylation sites (tertiary alicyclic amines) is 1. The van der Waals surface area contributed by atoms with Crippen LogP contribution in [0, 0.1) is 5.92 Å². The summed E-state index contributed by atoms with van der Waals surface area (Å²) in [6.45, 7) is 4.55. The van der Waals surface area contributed by atoms with Gasteiger partial charge in [0, 0.05) is 19.0 Å². The number of benzene rings is 1. The molecule has 126 valence electrons. The van der Waals surface area contributed by atoms with Crippen molar-refractivity contribution in [2.45, 2.75) is 32.7 Å². The van der Waals surface area contributed by atoms with Gasteiger partial charge in [-0.1, -0.05) is 44.2 Å². The highest BCUT2D eigenvalue weighted by molar-refractivity contribution is 5.97. The number of hydrogen-bond acceptors (Lipinski definition) is 3. The fourth-order valence-corrected chi connectivity index (χ4v) is 3.12. The average molecular weight is 326 g/mol. The number of H-pyrrole nitrogens is 1. The molecule has 24 heavy (non-hydrogen) atoms. The molecule has 0 spiro atoms. The van der Waals surface area contributed by atoms with Crippen LogP contribution in [-0.2, 0) is 9.59 Å². The van der Waals surface area contributed by atoms with Gasteiger partial charge in [0.05, 0.1) is 5.69 Å². The number of nitrogens with one attached hydrogen (secondary N) is 2. The molecule has 0 bridgehead atoms. The lowest BCUT2D eigenvalue weighted by molar-refractivity contribution is -0.136. The molecule has 0 radical (unpaired) electrons. The van der Waals surface area contributed by atoms with E-state index in [4.69, 9.17) is 0 Å². The van der Waals surface area contributed by atoms with Gasteiger partial charge in [0.25, 0.3) is 0 Å². The lowest BCUT2D eigenvalue weighted by atomic mass is 10.0. The average Bonchev–Trinajstić information content (AvgIpc) is 3.18. The molecule has 1 aromatic carbocycles. The van der Waals surface area contributed by atoms with Crippen LogP contribution < -0.4 is 5.32 Å². The summed E-state index contributed by atoms with van der Waals surface area (Å²) in [5.41, 5.74) is 1.84. The molecular formula is C18H22N4O2. The van der Waals surface area contributed by atoms with Gasteiger partial charge < -0.3 is 10.2 Å². The molecule has 1 aromatic heterocycles. The predicted molar refractivity (Wildman–Crippen MR) is 92.2 cm³/mol. The third-order valence-corrected chi connectivity index (χ3v) is 4.26. The lowest BCUT2D eigenvalue weighted by Crippen LogP contribution is -2.48. The van der Waals surface area contributed by atoms with Crippen molar-refractivity contribution in [3.8, 4) is 11.3 Å². The van der Waals surface area contributed by atoms with E-state index in [0.29, 0.717) is 18.8 Å². The van der Waals surface area contributed by atoms with E-state index in [2.05, 4.69) is 15.5 Å². The van der Waals surface area contributed by atoms with Gasteiger partial charge in [0.2, 0.25) is 11.8 Å². The highest BCUT2D eigenvalue weighted by atomic mass is 16.2. The number of carbonyl (C=O) groups is 2. The quantitative estimate of drug-likeness (QED) is 0.886. The number of carbonyl (C=O) groups excluding carboxylic acids is 2. The van der Waals surface area contributed by atoms with Gasteiger partial charge in [0.1, 0.15) is 6.04 Å². The van der Waals surface area contributed by atoms with Crippen LogP contribution in [0.5, 0.6) is 0 Å². The highest BCUT2D eigenvalue weighted by Crippen LogP contribution is 2.22. The molecule has 2 heterocycles. The fourth-order valence-electron chi connectivity index (χ4n) is 3.12. The Balaban J connectivity index is 1.74. The Morgan fingerprint density at radius 2 is 2.04 bits per heavy atom. The van der Waals surface area contributed by atoms with Crippen molar-refractivity contribution in [1.82, 2.24) is 15.1 Å². The van der Waals surface area contributed by atoms with Gasteiger partial charge >= 0.3 is 0 Å². The summed E-state index contributed by atoms with van der Waals surface area (Å²) in [5.74, 6) is 0.373. The van der Waals surface area contributed by atoms with Crippen molar-refractivity contribution >= 4 is 17.6 Å². The number of nitrogens with zero attached hydrogens (tertiary/aromatic N) is 2.